The molecule has 1 aromatic rings. The van der Waals surface area contributed by atoms with E-state index in [0.29, 0.717) is 5.75 Å². The smallest absolute Gasteiger partial charge is 0.297 e. The molecule has 0 spiro atoms. The Labute approximate surface area is 121 Å². The third kappa shape index (κ3) is 2.95. The second-order valence-corrected chi connectivity index (χ2v) is 5.24. The second-order valence-electron chi connectivity index (χ2n) is 4.92. The van der Waals surface area contributed by atoms with Gasteiger partial charge in [-0.1, -0.05) is 13.8 Å². The highest BCUT2D eigenvalue weighted by Gasteiger charge is 2.29. The first-order chi connectivity index (χ1) is 9.31. The molecular formula is C12H19N3O4S. The average Bonchev–Trinajstić information content (AvgIpc) is 2.43. The van der Waals surface area contributed by atoms with E-state index in [1.54, 1.807) is 0 Å². The van der Waals surface area contributed by atoms with Crippen molar-refractivity contribution in [2.45, 2.75) is 33.2 Å². The lowest BCUT2D eigenvalue weighted by atomic mass is 9.84. The molecule has 0 atom stereocenters. The second kappa shape index (κ2) is 6.25. The van der Waals surface area contributed by atoms with Gasteiger partial charge in [0.25, 0.3) is 0 Å². The highest BCUT2D eigenvalue weighted by atomic mass is 32.1. The molecule has 20 heavy (non-hydrogen) atoms. The van der Waals surface area contributed by atoms with E-state index in [9.17, 15) is 19.7 Å². The van der Waals surface area contributed by atoms with E-state index in [0.717, 1.165) is 28.2 Å². The number of nitro groups is 1. The largest absolute Gasteiger partial charge is 0.350 e. The summed E-state index contributed by atoms with van der Waals surface area (Å²) in [6.45, 7) is 4.04. The van der Waals surface area contributed by atoms with Crippen LogP contribution in [-0.4, -0.2) is 19.8 Å². The number of rotatable bonds is 6. The van der Waals surface area contributed by atoms with Crippen molar-refractivity contribution in [3.05, 3.63) is 37.1 Å². The molecule has 8 heteroatoms. The summed E-state index contributed by atoms with van der Waals surface area (Å²) in [5.74, 6) is 0.498. The van der Waals surface area contributed by atoms with Gasteiger partial charge < -0.3 is 0 Å². The normalized spacial score (nSPS) is 11.6. The van der Waals surface area contributed by atoms with Crippen molar-refractivity contribution in [2.24, 2.45) is 12.5 Å². The summed E-state index contributed by atoms with van der Waals surface area (Å²) in [6, 6.07) is 0. The van der Waals surface area contributed by atoms with Crippen LogP contribution in [0.15, 0.2) is 15.8 Å². The molecule has 1 heterocycles. The standard InChI is InChI=1S/C12H19N3O4S/c1-4-12(5-2,8-20)7-14-10(16)9(15(18)19)6-13(3)11(14)17/h6,20H,4-5,7-8H2,1-3H3. The molecule has 1 rings (SSSR count). The first-order valence-corrected chi connectivity index (χ1v) is 7.01. The molecular weight excluding hydrogens is 282 g/mol. The third-order valence-corrected chi connectivity index (χ3v) is 4.51. The van der Waals surface area contributed by atoms with Crippen LogP contribution < -0.4 is 11.2 Å². The van der Waals surface area contributed by atoms with Crippen LogP contribution in [0.5, 0.6) is 0 Å². The summed E-state index contributed by atoms with van der Waals surface area (Å²) in [4.78, 5) is 34.3. The molecule has 0 aliphatic rings. The Bertz CT molecular complexity index is 608. The molecule has 0 saturated carbocycles. The number of hydrogen-bond donors (Lipinski definition) is 1. The SMILES string of the molecule is CCC(CC)(CS)Cn1c(=O)c([N+](=O)[O-])cn(C)c1=O. The van der Waals surface area contributed by atoms with Gasteiger partial charge in [-0.25, -0.2) is 4.79 Å². The molecule has 0 fully saturated rings. The van der Waals surface area contributed by atoms with Crippen molar-refractivity contribution in [3.63, 3.8) is 0 Å². The fraction of sp³-hybridized carbons (Fsp3) is 0.667. The molecule has 0 bridgehead atoms. The first-order valence-electron chi connectivity index (χ1n) is 6.37. The van der Waals surface area contributed by atoms with Crippen LogP contribution in [-0.2, 0) is 13.6 Å². The van der Waals surface area contributed by atoms with Gasteiger partial charge in [0.05, 0.1) is 11.1 Å². The van der Waals surface area contributed by atoms with Crippen LogP contribution in [0.25, 0.3) is 0 Å². The first kappa shape index (κ1) is 16.5. The maximum Gasteiger partial charge on any atom is 0.350 e. The summed E-state index contributed by atoms with van der Waals surface area (Å²) >= 11 is 4.29. The molecule has 0 aliphatic heterocycles. The quantitative estimate of drug-likeness (QED) is 0.486. The summed E-state index contributed by atoms with van der Waals surface area (Å²) in [5, 5.41) is 10.9. The van der Waals surface area contributed by atoms with Crippen molar-refractivity contribution in [1.82, 2.24) is 9.13 Å². The van der Waals surface area contributed by atoms with Gasteiger partial charge in [0.15, 0.2) is 0 Å². The Hall–Kier alpha value is -1.57. The monoisotopic (exact) mass is 301 g/mol. The third-order valence-electron chi connectivity index (χ3n) is 3.84. The summed E-state index contributed by atoms with van der Waals surface area (Å²) < 4.78 is 2.01. The minimum absolute atomic E-state index is 0.136. The molecule has 0 aliphatic carbocycles. The van der Waals surface area contributed by atoms with Crippen LogP contribution in [0, 0.1) is 15.5 Å². The fourth-order valence-electron chi connectivity index (χ4n) is 2.06. The summed E-state index contributed by atoms with van der Waals surface area (Å²) in [5.41, 5.74) is -2.32. The Morgan fingerprint density at radius 1 is 1.35 bits per heavy atom. The molecule has 112 valence electrons. The minimum Gasteiger partial charge on any atom is -0.297 e. The van der Waals surface area contributed by atoms with E-state index in [4.69, 9.17) is 0 Å². The number of aromatic nitrogens is 2. The van der Waals surface area contributed by atoms with Gasteiger partial charge in [-0.05, 0) is 24.0 Å². The van der Waals surface area contributed by atoms with Gasteiger partial charge in [-0.3, -0.25) is 24.0 Å². The van der Waals surface area contributed by atoms with Crippen molar-refractivity contribution < 1.29 is 4.92 Å². The Morgan fingerprint density at radius 2 is 1.90 bits per heavy atom. The predicted octanol–water partition coefficient (Wildman–Crippen LogP) is 1.19. The zero-order valence-electron chi connectivity index (χ0n) is 11.8. The molecule has 0 aromatic carbocycles. The fourth-order valence-corrected chi connectivity index (χ4v) is 2.60. The van der Waals surface area contributed by atoms with Gasteiger partial charge in [0.1, 0.15) is 0 Å². The van der Waals surface area contributed by atoms with Crippen molar-refractivity contribution >= 4 is 18.3 Å². The van der Waals surface area contributed by atoms with Gasteiger partial charge >= 0.3 is 16.9 Å². The molecule has 1 aromatic heterocycles. The van der Waals surface area contributed by atoms with E-state index >= 15 is 0 Å². The van der Waals surface area contributed by atoms with Crippen LogP contribution in [0.2, 0.25) is 0 Å². The van der Waals surface area contributed by atoms with Crippen molar-refractivity contribution in [1.29, 1.82) is 0 Å². The Morgan fingerprint density at radius 3 is 2.30 bits per heavy atom. The highest BCUT2D eigenvalue weighted by molar-refractivity contribution is 7.80. The van der Waals surface area contributed by atoms with E-state index in [1.807, 2.05) is 13.8 Å². The highest BCUT2D eigenvalue weighted by Crippen LogP contribution is 2.29. The van der Waals surface area contributed by atoms with Crippen LogP contribution >= 0.6 is 12.6 Å². The molecule has 7 nitrogen and oxygen atoms in total. The maximum absolute atomic E-state index is 12.1. The summed E-state index contributed by atoms with van der Waals surface area (Å²) in [6.07, 6.45) is 2.41. The van der Waals surface area contributed by atoms with Crippen LogP contribution in [0.1, 0.15) is 26.7 Å². The van der Waals surface area contributed by atoms with Gasteiger partial charge in [-0.2, -0.15) is 12.6 Å². The van der Waals surface area contributed by atoms with E-state index in [1.165, 1.54) is 7.05 Å². The van der Waals surface area contributed by atoms with Gasteiger partial charge in [-0.15, -0.1) is 0 Å². The zero-order valence-corrected chi connectivity index (χ0v) is 12.7. The van der Waals surface area contributed by atoms with Gasteiger partial charge in [0, 0.05) is 13.6 Å². The van der Waals surface area contributed by atoms with E-state index < -0.39 is 21.9 Å². The number of nitrogens with zero attached hydrogens (tertiary/aromatic N) is 3. The molecule has 0 saturated heterocycles. The molecule has 0 radical (unpaired) electrons. The zero-order chi connectivity index (χ0) is 15.5. The average molecular weight is 301 g/mol. The number of aryl methyl sites for hydroxylation is 1. The Kier molecular flexibility index (Phi) is 5.15. The molecule has 0 unspecified atom stereocenters. The Balaban J connectivity index is 3.49. The maximum atomic E-state index is 12.1. The van der Waals surface area contributed by atoms with Crippen molar-refractivity contribution in [2.75, 3.05) is 5.75 Å². The lowest BCUT2D eigenvalue weighted by Crippen LogP contribution is -2.44. The number of hydrogen-bond acceptors (Lipinski definition) is 5. The molecule has 0 N–H and O–H groups in total. The van der Waals surface area contributed by atoms with E-state index in [-0.39, 0.29) is 12.0 Å². The van der Waals surface area contributed by atoms with Crippen LogP contribution in [0.3, 0.4) is 0 Å². The minimum atomic E-state index is -0.855. The van der Waals surface area contributed by atoms with E-state index in [2.05, 4.69) is 12.6 Å². The topological polar surface area (TPSA) is 87.1 Å². The predicted molar refractivity (Wildman–Crippen MR) is 79.5 cm³/mol. The van der Waals surface area contributed by atoms with Crippen molar-refractivity contribution in [3.8, 4) is 0 Å². The molecule has 0 amide bonds. The lowest BCUT2D eigenvalue weighted by molar-refractivity contribution is -0.387. The van der Waals surface area contributed by atoms with Crippen LogP contribution in [0.4, 0.5) is 5.69 Å². The summed E-state index contributed by atoms with van der Waals surface area (Å²) in [7, 11) is 1.39. The number of thiol groups is 1. The lowest BCUT2D eigenvalue weighted by Gasteiger charge is -2.30. The van der Waals surface area contributed by atoms with Gasteiger partial charge in [0.2, 0.25) is 0 Å².